The molecule has 0 aliphatic carbocycles. The number of carbonyl (C=O) groups excluding carboxylic acids is 2. The van der Waals surface area contributed by atoms with E-state index in [0.717, 1.165) is 81.4 Å². The molecule has 7 rings (SSSR count). The van der Waals surface area contributed by atoms with Gasteiger partial charge in [0, 0.05) is 81.1 Å². The molecule has 8 heteroatoms. The Hall–Kier alpha value is -4.24. The fourth-order valence-corrected chi connectivity index (χ4v) is 7.27. The number of carbonyl (C=O) groups is 2. The van der Waals surface area contributed by atoms with Crippen LogP contribution in [0.3, 0.4) is 0 Å². The fourth-order valence-electron chi connectivity index (χ4n) is 7.27. The molecule has 0 bridgehead atoms. The van der Waals surface area contributed by atoms with E-state index in [2.05, 4.69) is 56.1 Å². The van der Waals surface area contributed by atoms with Gasteiger partial charge in [-0.1, -0.05) is 42.5 Å². The fraction of sp³-hybridized carbons (Fsp3) is 0.368. The van der Waals surface area contributed by atoms with Crippen LogP contribution >= 0.6 is 0 Å². The lowest BCUT2D eigenvalue weighted by molar-refractivity contribution is 0.0193. The van der Waals surface area contributed by atoms with Crippen LogP contribution < -0.4 is 10.2 Å². The number of amides is 2. The molecule has 0 saturated carbocycles. The summed E-state index contributed by atoms with van der Waals surface area (Å²) in [6.07, 6.45) is 1.73. The number of hydrogen-bond acceptors (Lipinski definition) is 5. The van der Waals surface area contributed by atoms with Crippen molar-refractivity contribution < 1.29 is 14.3 Å². The van der Waals surface area contributed by atoms with E-state index in [0.29, 0.717) is 17.7 Å². The molecule has 0 unspecified atom stereocenters. The summed E-state index contributed by atoms with van der Waals surface area (Å²) in [4.78, 5) is 35.0. The average Bonchev–Trinajstić information content (AvgIpc) is 3.40. The minimum Gasteiger partial charge on any atom is -0.379 e. The van der Waals surface area contributed by atoms with Gasteiger partial charge in [-0.2, -0.15) is 0 Å². The molecule has 238 valence electrons. The van der Waals surface area contributed by atoms with Crippen LogP contribution in [0.4, 0.5) is 5.69 Å². The molecule has 1 atom stereocenters. The second kappa shape index (κ2) is 12.9. The van der Waals surface area contributed by atoms with E-state index in [1.165, 1.54) is 22.3 Å². The van der Waals surface area contributed by atoms with Gasteiger partial charge in [-0.3, -0.25) is 14.5 Å². The zero-order chi connectivity index (χ0) is 31.8. The Balaban J connectivity index is 1.29. The smallest absolute Gasteiger partial charge is 0.259 e. The maximum atomic E-state index is 14.9. The van der Waals surface area contributed by atoms with Crippen LogP contribution in [-0.2, 0) is 37.7 Å². The Kier molecular flexibility index (Phi) is 8.51. The van der Waals surface area contributed by atoms with Crippen molar-refractivity contribution in [1.29, 1.82) is 0 Å². The van der Waals surface area contributed by atoms with Crippen molar-refractivity contribution in [2.75, 3.05) is 51.3 Å². The monoisotopic (exact) mass is 617 g/mol. The second-order valence-electron chi connectivity index (χ2n) is 12.9. The summed E-state index contributed by atoms with van der Waals surface area (Å²) in [5.41, 5.74) is 9.78. The molecule has 1 fully saturated rings. The number of para-hydroxylation sites is 1. The number of rotatable bonds is 6. The number of morpholine rings is 1. The van der Waals surface area contributed by atoms with Gasteiger partial charge in [-0.25, -0.2) is 0 Å². The van der Waals surface area contributed by atoms with Crippen molar-refractivity contribution in [1.82, 2.24) is 19.7 Å². The molecule has 46 heavy (non-hydrogen) atoms. The molecule has 3 aliphatic heterocycles. The van der Waals surface area contributed by atoms with Crippen LogP contribution in [0.25, 0.3) is 11.3 Å². The third-order valence-electron chi connectivity index (χ3n) is 10.1. The summed E-state index contributed by atoms with van der Waals surface area (Å²) in [6, 6.07) is 24.6. The van der Waals surface area contributed by atoms with Gasteiger partial charge in [-0.15, -0.1) is 0 Å². The lowest BCUT2D eigenvalue weighted by Crippen LogP contribution is -2.52. The number of benzene rings is 3. The molecular weight excluding hydrogens is 574 g/mol. The highest BCUT2D eigenvalue weighted by Crippen LogP contribution is 2.35. The second-order valence-corrected chi connectivity index (χ2v) is 12.9. The van der Waals surface area contributed by atoms with E-state index < -0.39 is 0 Å². The molecule has 8 nitrogen and oxygen atoms in total. The van der Waals surface area contributed by atoms with Gasteiger partial charge in [0.15, 0.2) is 0 Å². The molecule has 4 aromatic rings. The topological polar surface area (TPSA) is 70.1 Å². The minimum absolute atomic E-state index is 0.0456. The maximum Gasteiger partial charge on any atom is 0.259 e. The minimum atomic E-state index is -0.0706. The summed E-state index contributed by atoms with van der Waals surface area (Å²) in [7, 11) is 3.81. The van der Waals surface area contributed by atoms with Gasteiger partial charge >= 0.3 is 0 Å². The van der Waals surface area contributed by atoms with E-state index in [1.807, 2.05) is 57.4 Å². The Morgan fingerprint density at radius 3 is 2.43 bits per heavy atom. The van der Waals surface area contributed by atoms with Gasteiger partial charge in [0.05, 0.1) is 18.8 Å². The molecular formula is C38H43N5O3. The summed E-state index contributed by atoms with van der Waals surface area (Å²) in [5, 5.41) is 3.49. The molecule has 1 aromatic heterocycles. The van der Waals surface area contributed by atoms with E-state index >= 15 is 0 Å². The number of fused-ring (bicyclic) bond motifs is 2. The highest BCUT2D eigenvalue weighted by Gasteiger charge is 2.34. The SMILES string of the molecule is Cc1c(C(=O)N(C)c2ccccc2)cc(-c2cc3c(cc2C(=O)N2Cc4ccccc4C[C@H]2CN2CCOCC2)CNCC3)n1C. The molecule has 0 radical (unpaired) electrons. The summed E-state index contributed by atoms with van der Waals surface area (Å²) in [6.45, 7) is 8.25. The van der Waals surface area contributed by atoms with Crippen molar-refractivity contribution >= 4 is 17.5 Å². The predicted molar refractivity (Wildman–Crippen MR) is 181 cm³/mol. The normalized spacial score (nSPS) is 18.2. The first-order valence-corrected chi connectivity index (χ1v) is 16.4. The zero-order valence-corrected chi connectivity index (χ0v) is 27.1. The molecule has 1 saturated heterocycles. The standard InChI is InChI=1S/C38H43N5O3/c1-26-33(37(44)41(3)31-11-5-4-6-12-31)22-36(40(26)2)34-20-28-13-14-39-23-30(28)21-35(34)38(45)43-24-29-10-8-7-9-27(29)19-32(43)25-42-15-17-46-18-16-42/h4-12,20-22,32,39H,13-19,23-25H2,1-3H3/t32-/m0/s1. The lowest BCUT2D eigenvalue weighted by atomic mass is 9.89. The first-order valence-electron chi connectivity index (χ1n) is 16.4. The first kappa shape index (κ1) is 30.4. The lowest BCUT2D eigenvalue weighted by Gasteiger charge is -2.41. The Morgan fingerprint density at radius 1 is 0.913 bits per heavy atom. The van der Waals surface area contributed by atoms with Crippen molar-refractivity contribution in [3.8, 4) is 11.3 Å². The van der Waals surface area contributed by atoms with Gasteiger partial charge in [0.2, 0.25) is 0 Å². The Morgan fingerprint density at radius 2 is 1.65 bits per heavy atom. The van der Waals surface area contributed by atoms with Gasteiger partial charge in [0.25, 0.3) is 11.8 Å². The van der Waals surface area contributed by atoms with Gasteiger partial charge < -0.3 is 24.4 Å². The molecule has 3 aliphatic rings. The van der Waals surface area contributed by atoms with E-state index in [4.69, 9.17) is 4.74 Å². The first-order chi connectivity index (χ1) is 22.4. The largest absolute Gasteiger partial charge is 0.379 e. The quantitative estimate of drug-likeness (QED) is 0.336. The molecule has 3 aromatic carbocycles. The number of nitrogens with one attached hydrogen (secondary N) is 1. The number of nitrogens with zero attached hydrogens (tertiary/aromatic N) is 4. The summed E-state index contributed by atoms with van der Waals surface area (Å²) in [5.74, 6) is -0.0249. The molecule has 2 amide bonds. The summed E-state index contributed by atoms with van der Waals surface area (Å²) < 4.78 is 7.70. The predicted octanol–water partition coefficient (Wildman–Crippen LogP) is 4.82. The highest BCUT2D eigenvalue weighted by molar-refractivity contribution is 6.08. The maximum absolute atomic E-state index is 14.9. The third kappa shape index (κ3) is 5.77. The van der Waals surface area contributed by atoms with Crippen molar-refractivity contribution in [2.24, 2.45) is 7.05 Å². The number of ether oxygens (including phenoxy) is 1. The van der Waals surface area contributed by atoms with E-state index in [9.17, 15) is 9.59 Å². The highest BCUT2D eigenvalue weighted by atomic mass is 16.5. The number of aromatic nitrogens is 1. The van der Waals surface area contributed by atoms with Gasteiger partial charge in [0.1, 0.15) is 0 Å². The third-order valence-corrected chi connectivity index (χ3v) is 10.1. The Labute approximate surface area is 271 Å². The zero-order valence-electron chi connectivity index (χ0n) is 27.1. The van der Waals surface area contributed by atoms with Crippen LogP contribution in [0, 0.1) is 6.92 Å². The van der Waals surface area contributed by atoms with Gasteiger partial charge in [-0.05, 0) is 78.9 Å². The van der Waals surface area contributed by atoms with E-state index in [-0.39, 0.29) is 17.9 Å². The van der Waals surface area contributed by atoms with Crippen LogP contribution in [0.1, 0.15) is 48.7 Å². The van der Waals surface area contributed by atoms with Crippen molar-refractivity contribution in [3.63, 3.8) is 0 Å². The number of hydrogen-bond donors (Lipinski definition) is 1. The number of anilines is 1. The average molecular weight is 618 g/mol. The van der Waals surface area contributed by atoms with Crippen LogP contribution in [0.15, 0.2) is 72.8 Å². The van der Waals surface area contributed by atoms with Crippen molar-refractivity contribution in [3.05, 3.63) is 112 Å². The van der Waals surface area contributed by atoms with Crippen LogP contribution in [0.2, 0.25) is 0 Å². The Bertz CT molecular complexity index is 1760. The molecule has 1 N–H and O–H groups in total. The van der Waals surface area contributed by atoms with Crippen LogP contribution in [-0.4, -0.2) is 78.7 Å². The van der Waals surface area contributed by atoms with E-state index in [1.54, 1.807) is 4.90 Å². The van der Waals surface area contributed by atoms with Crippen molar-refractivity contribution in [2.45, 2.75) is 38.9 Å². The van der Waals surface area contributed by atoms with Crippen LogP contribution in [0.5, 0.6) is 0 Å². The molecule has 0 spiro atoms. The summed E-state index contributed by atoms with van der Waals surface area (Å²) >= 11 is 0. The molecule has 4 heterocycles.